The minimum atomic E-state index is -0.312. The van der Waals surface area contributed by atoms with Crippen LogP contribution < -0.4 is 19.5 Å². The van der Waals surface area contributed by atoms with Crippen LogP contribution in [-0.2, 0) is 6.61 Å². The van der Waals surface area contributed by atoms with Crippen molar-refractivity contribution in [3.05, 3.63) is 83.3 Å². The van der Waals surface area contributed by atoms with Crippen molar-refractivity contribution in [2.45, 2.75) is 6.61 Å². The van der Waals surface area contributed by atoms with Gasteiger partial charge in [-0.3, -0.25) is 4.79 Å². The molecule has 1 aliphatic heterocycles. The van der Waals surface area contributed by atoms with Crippen molar-refractivity contribution in [1.82, 2.24) is 9.38 Å². The van der Waals surface area contributed by atoms with E-state index in [1.165, 1.54) is 0 Å². The number of aromatic nitrogens is 2. The summed E-state index contributed by atoms with van der Waals surface area (Å²) in [5.74, 6) is 1.22. The lowest BCUT2D eigenvalue weighted by atomic mass is 10.2. The van der Waals surface area contributed by atoms with E-state index in [0.29, 0.717) is 40.1 Å². The van der Waals surface area contributed by atoms with Gasteiger partial charge in [-0.1, -0.05) is 23.7 Å². The molecule has 2 aromatic carbocycles. The van der Waals surface area contributed by atoms with Crippen LogP contribution in [0.3, 0.4) is 0 Å². The van der Waals surface area contributed by atoms with Gasteiger partial charge in [0.2, 0.25) is 6.79 Å². The lowest BCUT2D eigenvalue weighted by molar-refractivity contribution is 0.102. The van der Waals surface area contributed by atoms with E-state index in [1.54, 1.807) is 30.3 Å². The van der Waals surface area contributed by atoms with Crippen molar-refractivity contribution in [2.24, 2.45) is 0 Å². The Morgan fingerprint density at radius 2 is 2.10 bits per heavy atom. The zero-order valence-corrected chi connectivity index (χ0v) is 16.4. The third kappa shape index (κ3) is 3.62. The van der Waals surface area contributed by atoms with Crippen LogP contribution in [0.25, 0.3) is 5.65 Å². The fourth-order valence-electron chi connectivity index (χ4n) is 3.18. The molecule has 0 spiro atoms. The molecule has 0 unspecified atom stereocenters. The molecule has 30 heavy (non-hydrogen) atoms. The Labute approximate surface area is 176 Å². The second kappa shape index (κ2) is 7.61. The van der Waals surface area contributed by atoms with Gasteiger partial charge in [-0.15, -0.1) is 0 Å². The molecule has 8 heteroatoms. The summed E-state index contributed by atoms with van der Waals surface area (Å²) < 4.78 is 18.4. The van der Waals surface area contributed by atoms with Crippen LogP contribution >= 0.6 is 11.6 Å². The number of nitrogens with zero attached hydrogens (tertiary/aromatic N) is 2. The first-order valence-corrected chi connectivity index (χ1v) is 9.59. The zero-order valence-electron chi connectivity index (χ0n) is 15.7. The van der Waals surface area contributed by atoms with Crippen LogP contribution in [-0.4, -0.2) is 22.1 Å². The predicted octanol–water partition coefficient (Wildman–Crippen LogP) is 4.55. The van der Waals surface area contributed by atoms with E-state index in [4.69, 9.17) is 25.8 Å². The van der Waals surface area contributed by atoms with Gasteiger partial charge in [0.25, 0.3) is 5.91 Å². The third-order valence-electron chi connectivity index (χ3n) is 4.58. The van der Waals surface area contributed by atoms with Crippen LogP contribution in [0.2, 0.25) is 5.02 Å². The van der Waals surface area contributed by atoms with Crippen molar-refractivity contribution in [3.8, 4) is 17.2 Å². The molecule has 5 rings (SSSR count). The SMILES string of the molecule is O=C(Nc1cccc(OCc2cn3ccccc3n2)c1)c1cc(Cl)c2c(c1)OCO2. The highest BCUT2D eigenvalue weighted by Gasteiger charge is 2.20. The van der Waals surface area contributed by atoms with Crippen LogP contribution in [0.1, 0.15) is 16.1 Å². The van der Waals surface area contributed by atoms with Crippen LogP contribution in [0.4, 0.5) is 5.69 Å². The lowest BCUT2D eigenvalue weighted by Gasteiger charge is -2.09. The Hall–Kier alpha value is -3.71. The molecule has 2 aromatic heterocycles. The lowest BCUT2D eigenvalue weighted by Crippen LogP contribution is -2.12. The van der Waals surface area contributed by atoms with Crippen molar-refractivity contribution >= 4 is 28.8 Å². The Morgan fingerprint density at radius 1 is 1.17 bits per heavy atom. The maximum Gasteiger partial charge on any atom is 0.255 e. The van der Waals surface area contributed by atoms with Gasteiger partial charge in [0.1, 0.15) is 18.0 Å². The van der Waals surface area contributed by atoms with E-state index >= 15 is 0 Å². The number of ether oxygens (including phenoxy) is 3. The van der Waals surface area contributed by atoms with Gasteiger partial charge in [0.15, 0.2) is 11.5 Å². The highest BCUT2D eigenvalue weighted by molar-refractivity contribution is 6.32. The molecule has 1 amide bonds. The molecular formula is C22H16ClN3O4. The summed E-state index contributed by atoms with van der Waals surface area (Å²) in [5.41, 5.74) is 2.65. The number of rotatable bonds is 5. The van der Waals surface area contributed by atoms with Crippen molar-refractivity contribution in [2.75, 3.05) is 12.1 Å². The first-order valence-electron chi connectivity index (χ1n) is 9.22. The number of pyridine rings is 1. The first kappa shape index (κ1) is 18.3. The monoisotopic (exact) mass is 421 g/mol. The molecule has 3 heterocycles. The number of carbonyl (C=O) groups is 1. The van der Waals surface area contributed by atoms with Crippen LogP contribution in [0.15, 0.2) is 67.0 Å². The summed E-state index contributed by atoms with van der Waals surface area (Å²) in [5, 5.41) is 3.18. The summed E-state index contributed by atoms with van der Waals surface area (Å²) >= 11 is 6.16. The average molecular weight is 422 g/mol. The fraction of sp³-hybridized carbons (Fsp3) is 0.0909. The summed E-state index contributed by atoms with van der Waals surface area (Å²) in [7, 11) is 0. The van der Waals surface area contributed by atoms with Gasteiger partial charge < -0.3 is 23.9 Å². The number of carbonyl (C=O) groups excluding carboxylic acids is 1. The molecule has 0 radical (unpaired) electrons. The highest BCUT2D eigenvalue weighted by Crippen LogP contribution is 2.39. The summed E-state index contributed by atoms with van der Waals surface area (Å²) in [6.07, 6.45) is 3.86. The Kier molecular flexibility index (Phi) is 4.65. The number of anilines is 1. The molecule has 0 atom stereocenters. The van der Waals surface area contributed by atoms with E-state index in [2.05, 4.69) is 10.3 Å². The Bertz CT molecular complexity index is 1220. The number of fused-ring (bicyclic) bond motifs is 2. The summed E-state index contributed by atoms with van der Waals surface area (Å²) in [4.78, 5) is 17.1. The van der Waals surface area contributed by atoms with Crippen LogP contribution in [0.5, 0.6) is 17.2 Å². The van der Waals surface area contributed by atoms with E-state index in [0.717, 1.165) is 11.3 Å². The highest BCUT2D eigenvalue weighted by atomic mass is 35.5. The minimum Gasteiger partial charge on any atom is -0.487 e. The van der Waals surface area contributed by atoms with E-state index < -0.39 is 0 Å². The molecule has 150 valence electrons. The number of hydrogen-bond acceptors (Lipinski definition) is 5. The molecule has 7 nitrogen and oxygen atoms in total. The average Bonchev–Trinajstić information content (AvgIpc) is 3.39. The summed E-state index contributed by atoms with van der Waals surface area (Å²) in [6.45, 7) is 0.405. The van der Waals surface area contributed by atoms with Crippen molar-refractivity contribution in [1.29, 1.82) is 0 Å². The molecule has 0 fully saturated rings. The molecule has 0 saturated heterocycles. The van der Waals surface area contributed by atoms with Gasteiger partial charge in [0, 0.05) is 29.7 Å². The summed E-state index contributed by atoms with van der Waals surface area (Å²) in [6, 6.07) is 16.1. The van der Waals surface area contributed by atoms with Gasteiger partial charge in [0.05, 0.1) is 10.7 Å². The Morgan fingerprint density at radius 3 is 3.00 bits per heavy atom. The molecule has 0 aliphatic carbocycles. The first-order chi connectivity index (χ1) is 14.7. The predicted molar refractivity (Wildman–Crippen MR) is 111 cm³/mol. The molecule has 1 aliphatic rings. The third-order valence-corrected chi connectivity index (χ3v) is 4.86. The number of benzene rings is 2. The van der Waals surface area contributed by atoms with Crippen molar-refractivity contribution in [3.63, 3.8) is 0 Å². The maximum absolute atomic E-state index is 12.6. The topological polar surface area (TPSA) is 74.1 Å². The molecular weight excluding hydrogens is 406 g/mol. The van der Waals surface area contributed by atoms with E-state index in [1.807, 2.05) is 41.1 Å². The van der Waals surface area contributed by atoms with Gasteiger partial charge in [-0.05, 0) is 36.4 Å². The van der Waals surface area contributed by atoms with Crippen molar-refractivity contribution < 1.29 is 19.0 Å². The molecule has 1 N–H and O–H groups in total. The van der Waals surface area contributed by atoms with Crippen LogP contribution in [0, 0.1) is 0 Å². The number of amides is 1. The fourth-order valence-corrected chi connectivity index (χ4v) is 3.44. The largest absolute Gasteiger partial charge is 0.487 e. The van der Waals surface area contributed by atoms with E-state index in [-0.39, 0.29) is 12.7 Å². The van der Waals surface area contributed by atoms with Gasteiger partial charge in [-0.2, -0.15) is 0 Å². The maximum atomic E-state index is 12.6. The number of imidazole rings is 1. The number of hydrogen-bond donors (Lipinski definition) is 1. The molecule has 0 saturated carbocycles. The van der Waals surface area contributed by atoms with Gasteiger partial charge in [-0.25, -0.2) is 4.98 Å². The number of halogens is 1. The number of nitrogens with one attached hydrogen (secondary N) is 1. The minimum absolute atomic E-state index is 0.0891. The Balaban J connectivity index is 1.28. The quantitative estimate of drug-likeness (QED) is 0.511. The smallest absolute Gasteiger partial charge is 0.255 e. The standard InChI is InChI=1S/C22H16ClN3O4/c23-18-8-14(9-19-21(18)30-13-29-19)22(27)25-15-4-3-5-17(10-15)28-12-16-11-26-7-2-1-6-20(26)24-16/h1-11H,12-13H2,(H,25,27). The van der Waals surface area contributed by atoms with E-state index in [9.17, 15) is 4.79 Å². The second-order valence-corrected chi connectivity index (χ2v) is 7.07. The zero-order chi connectivity index (χ0) is 20.5. The normalized spacial score (nSPS) is 12.2. The van der Waals surface area contributed by atoms with Gasteiger partial charge >= 0.3 is 0 Å². The molecule has 0 bridgehead atoms. The second-order valence-electron chi connectivity index (χ2n) is 6.66. The molecule has 4 aromatic rings.